The number of hydrogen-bond acceptors (Lipinski definition) is 7. The number of carbonyl (C=O) groups excluding carboxylic acids is 1. The number of methoxy groups -OCH3 is 2. The third kappa shape index (κ3) is 6.24. The molecule has 0 aliphatic heterocycles. The smallest absolute Gasteiger partial charge is 0.325 e. The number of nitrogens with one attached hydrogen (secondary N) is 1. The van der Waals surface area contributed by atoms with E-state index in [1.54, 1.807) is 13.2 Å². The van der Waals surface area contributed by atoms with Crippen LogP contribution in [0.15, 0.2) is 48.5 Å². The molecule has 0 aliphatic rings. The molecular weight excluding hydrogens is 479 g/mol. The first-order valence-electron chi connectivity index (χ1n) is 10.6. The molecule has 1 aromatic heterocycles. The summed E-state index contributed by atoms with van der Waals surface area (Å²) in [4.78, 5) is 16.0. The fraction of sp³-hybridized carbons (Fsp3) is 0.280. The number of hydrogen-bond donors (Lipinski definition) is 1. The Morgan fingerprint density at radius 2 is 1.79 bits per heavy atom. The Balaban J connectivity index is 1.98. The maximum absolute atomic E-state index is 11.6. The van der Waals surface area contributed by atoms with Crippen LogP contribution in [0.3, 0.4) is 0 Å². The zero-order chi connectivity index (χ0) is 24.7. The lowest BCUT2D eigenvalue weighted by atomic mass is 10.0. The maximum atomic E-state index is 11.6. The molecule has 3 rings (SSSR count). The molecule has 34 heavy (non-hydrogen) atoms. The van der Waals surface area contributed by atoms with Gasteiger partial charge in [0.05, 0.1) is 14.2 Å². The first-order valence-corrected chi connectivity index (χ1v) is 11.3. The fourth-order valence-corrected chi connectivity index (χ4v) is 3.62. The molecule has 0 spiro atoms. The van der Waals surface area contributed by atoms with Crippen LogP contribution in [-0.4, -0.2) is 31.7 Å². The number of benzene rings is 2. The van der Waals surface area contributed by atoms with E-state index in [1.807, 2.05) is 42.5 Å². The topological polar surface area (TPSA) is 78.9 Å². The van der Waals surface area contributed by atoms with Gasteiger partial charge < -0.3 is 24.3 Å². The van der Waals surface area contributed by atoms with Gasteiger partial charge in [-0.1, -0.05) is 67.4 Å². The second kappa shape index (κ2) is 11.8. The molecule has 0 aliphatic carbocycles. The fourth-order valence-electron chi connectivity index (χ4n) is 3.10. The van der Waals surface area contributed by atoms with Crippen LogP contribution >= 0.6 is 23.2 Å². The van der Waals surface area contributed by atoms with Gasteiger partial charge in [-0.15, -0.1) is 0 Å². The van der Waals surface area contributed by atoms with Crippen LogP contribution in [0.1, 0.15) is 30.9 Å². The average Bonchev–Trinajstić information content (AvgIpc) is 2.85. The van der Waals surface area contributed by atoms with Gasteiger partial charge in [-0.25, -0.2) is 0 Å². The highest BCUT2D eigenvalue weighted by molar-refractivity contribution is 6.39. The molecule has 0 saturated heterocycles. The van der Waals surface area contributed by atoms with Crippen LogP contribution in [-0.2, 0) is 16.1 Å². The summed E-state index contributed by atoms with van der Waals surface area (Å²) in [5.74, 6) is 1.40. The Morgan fingerprint density at radius 3 is 2.44 bits per heavy atom. The number of carbonyl (C=O) groups is 1. The lowest BCUT2D eigenvalue weighted by Crippen LogP contribution is -2.16. The van der Waals surface area contributed by atoms with E-state index >= 15 is 0 Å². The van der Waals surface area contributed by atoms with E-state index in [0.29, 0.717) is 5.75 Å². The zero-order valence-corrected chi connectivity index (χ0v) is 20.9. The summed E-state index contributed by atoms with van der Waals surface area (Å²) < 4.78 is 22.1. The van der Waals surface area contributed by atoms with Gasteiger partial charge in [0.1, 0.15) is 34.7 Å². The van der Waals surface area contributed by atoms with E-state index in [9.17, 15) is 4.79 Å². The summed E-state index contributed by atoms with van der Waals surface area (Å²) in [6, 6.07) is 15.0. The van der Waals surface area contributed by atoms with Crippen LogP contribution in [0.25, 0.3) is 0 Å². The van der Waals surface area contributed by atoms with Crippen LogP contribution in [0.5, 0.6) is 23.1 Å². The Kier molecular flexibility index (Phi) is 8.85. The average molecular weight is 505 g/mol. The van der Waals surface area contributed by atoms with Gasteiger partial charge in [0.15, 0.2) is 11.6 Å². The summed E-state index contributed by atoms with van der Waals surface area (Å²) in [6.45, 7) is 4.18. The molecule has 0 saturated carbocycles. The van der Waals surface area contributed by atoms with Crippen LogP contribution in [0.4, 0.5) is 5.82 Å². The summed E-state index contributed by atoms with van der Waals surface area (Å²) in [5, 5.41) is 3.05. The highest BCUT2D eigenvalue weighted by Gasteiger charge is 2.22. The molecular formula is C25H26Cl2N2O5. The molecule has 0 atom stereocenters. The molecule has 1 heterocycles. The number of ether oxygens (including phenoxy) is 4. The van der Waals surface area contributed by atoms with E-state index < -0.39 is 5.97 Å². The highest BCUT2D eigenvalue weighted by Crippen LogP contribution is 2.45. The first kappa shape index (κ1) is 25.5. The van der Waals surface area contributed by atoms with Crippen molar-refractivity contribution in [2.45, 2.75) is 26.4 Å². The molecule has 0 unspecified atom stereocenters. The molecule has 2 aromatic carbocycles. The van der Waals surface area contributed by atoms with Gasteiger partial charge in [0.2, 0.25) is 5.88 Å². The largest absolute Gasteiger partial charge is 0.496 e. The van der Waals surface area contributed by atoms with E-state index in [-0.39, 0.29) is 46.6 Å². The Hall–Kier alpha value is -3.16. The Morgan fingerprint density at radius 1 is 1.06 bits per heavy atom. The van der Waals surface area contributed by atoms with Crippen LogP contribution in [0, 0.1) is 0 Å². The minimum Gasteiger partial charge on any atom is -0.496 e. The van der Waals surface area contributed by atoms with Gasteiger partial charge in [-0.3, -0.25) is 4.79 Å². The van der Waals surface area contributed by atoms with E-state index in [0.717, 1.165) is 16.9 Å². The molecule has 9 heteroatoms. The normalized spacial score (nSPS) is 10.7. The van der Waals surface area contributed by atoms with Crippen molar-refractivity contribution in [1.29, 1.82) is 0 Å². The molecule has 7 nitrogen and oxygen atoms in total. The Bertz CT molecular complexity index is 1140. The van der Waals surface area contributed by atoms with Gasteiger partial charge in [0.25, 0.3) is 0 Å². The first-order chi connectivity index (χ1) is 16.3. The number of rotatable bonds is 10. The van der Waals surface area contributed by atoms with Crippen molar-refractivity contribution < 1.29 is 23.7 Å². The van der Waals surface area contributed by atoms with E-state index in [4.69, 9.17) is 37.4 Å². The minimum absolute atomic E-state index is 0.0999. The lowest BCUT2D eigenvalue weighted by molar-refractivity contribution is -0.138. The van der Waals surface area contributed by atoms with Crippen molar-refractivity contribution in [3.05, 3.63) is 69.7 Å². The minimum atomic E-state index is -0.487. The van der Waals surface area contributed by atoms with Crippen molar-refractivity contribution in [1.82, 2.24) is 4.98 Å². The number of anilines is 1. The second-order valence-corrected chi connectivity index (χ2v) is 8.34. The third-order valence-electron chi connectivity index (χ3n) is 4.90. The maximum Gasteiger partial charge on any atom is 0.325 e. The summed E-state index contributed by atoms with van der Waals surface area (Å²) in [6.07, 6.45) is 0. The predicted octanol–water partition coefficient (Wildman–Crippen LogP) is 6.48. The SMILES string of the molecule is COC(=O)CNc1nc(OCc2ccccc2)c(Cl)c(Oc2ccc(OC)c(C(C)C)c2)c1Cl. The van der Waals surface area contributed by atoms with Crippen molar-refractivity contribution in [3.8, 4) is 23.1 Å². The molecule has 0 radical (unpaired) electrons. The van der Waals surface area contributed by atoms with Gasteiger partial charge in [0, 0.05) is 5.56 Å². The highest BCUT2D eigenvalue weighted by atomic mass is 35.5. The summed E-state index contributed by atoms with van der Waals surface area (Å²) in [5.41, 5.74) is 1.89. The molecule has 180 valence electrons. The summed E-state index contributed by atoms with van der Waals surface area (Å²) >= 11 is 13.2. The molecule has 3 aromatic rings. The number of esters is 1. The second-order valence-electron chi connectivity index (χ2n) is 7.59. The van der Waals surface area contributed by atoms with Crippen LogP contribution < -0.4 is 19.5 Å². The standard InChI is InChI=1S/C25H26Cl2N2O5/c1-15(2)18-12-17(10-11-19(18)31-3)34-23-21(26)24(28-13-20(30)32-4)29-25(22(23)27)33-14-16-8-6-5-7-9-16/h5-12,15H,13-14H2,1-4H3,(H,28,29). The molecule has 1 N–H and O–H groups in total. The van der Waals surface area contributed by atoms with Crippen molar-refractivity contribution in [2.24, 2.45) is 0 Å². The van der Waals surface area contributed by atoms with Crippen LogP contribution in [0.2, 0.25) is 10.0 Å². The predicted molar refractivity (Wildman–Crippen MR) is 133 cm³/mol. The molecule has 0 bridgehead atoms. The zero-order valence-electron chi connectivity index (χ0n) is 19.4. The lowest BCUT2D eigenvalue weighted by Gasteiger charge is -2.18. The van der Waals surface area contributed by atoms with Crippen molar-refractivity contribution >= 4 is 35.0 Å². The molecule has 0 fully saturated rings. The number of pyridine rings is 1. The Labute approximate surface area is 208 Å². The number of halogens is 2. The van der Waals surface area contributed by atoms with E-state index in [2.05, 4.69) is 28.9 Å². The van der Waals surface area contributed by atoms with Crippen molar-refractivity contribution in [2.75, 3.05) is 26.1 Å². The summed E-state index contributed by atoms with van der Waals surface area (Å²) in [7, 11) is 2.91. The monoisotopic (exact) mass is 504 g/mol. The number of aromatic nitrogens is 1. The van der Waals surface area contributed by atoms with Gasteiger partial charge in [-0.05, 0) is 29.7 Å². The quantitative estimate of drug-likeness (QED) is 0.316. The van der Waals surface area contributed by atoms with Gasteiger partial charge >= 0.3 is 5.97 Å². The van der Waals surface area contributed by atoms with Crippen molar-refractivity contribution in [3.63, 3.8) is 0 Å². The third-order valence-corrected chi connectivity index (χ3v) is 5.58. The number of nitrogens with zero attached hydrogens (tertiary/aromatic N) is 1. The molecule has 0 amide bonds. The van der Waals surface area contributed by atoms with Gasteiger partial charge in [-0.2, -0.15) is 4.98 Å². The van der Waals surface area contributed by atoms with E-state index in [1.165, 1.54) is 7.11 Å².